The normalized spacial score (nSPS) is 11.8. The minimum atomic E-state index is -0.992. The van der Waals surface area contributed by atoms with Gasteiger partial charge in [-0.3, -0.25) is 4.79 Å². The third kappa shape index (κ3) is 3.77. The van der Waals surface area contributed by atoms with Crippen LogP contribution in [0.15, 0.2) is 36.5 Å². The average molecular weight is 327 g/mol. The molecule has 2 N–H and O–H groups in total. The van der Waals surface area contributed by atoms with Gasteiger partial charge in [0.05, 0.1) is 15.7 Å². The van der Waals surface area contributed by atoms with Crippen molar-refractivity contribution in [3.8, 4) is 0 Å². The van der Waals surface area contributed by atoms with Gasteiger partial charge in [-0.05, 0) is 31.2 Å². The van der Waals surface area contributed by atoms with E-state index in [2.05, 4.69) is 10.3 Å². The Morgan fingerprint density at radius 3 is 2.43 bits per heavy atom. The van der Waals surface area contributed by atoms with Gasteiger partial charge in [-0.15, -0.1) is 0 Å². The highest BCUT2D eigenvalue weighted by atomic mass is 35.5. The number of para-hydroxylation sites is 1. The number of anilines is 1. The molecule has 0 unspecified atom stereocenters. The van der Waals surface area contributed by atoms with E-state index in [1.165, 1.54) is 6.92 Å². The lowest BCUT2D eigenvalue weighted by molar-refractivity contribution is -0.123. The molecule has 0 aliphatic heterocycles. The first-order valence-electron chi connectivity index (χ1n) is 6.08. The number of benzene rings is 1. The molecule has 1 amide bonds. The Labute approximate surface area is 131 Å². The van der Waals surface area contributed by atoms with E-state index < -0.39 is 18.0 Å². The molecule has 1 aromatic carbocycles. The van der Waals surface area contributed by atoms with Crippen LogP contribution in [0.5, 0.6) is 0 Å². The summed E-state index contributed by atoms with van der Waals surface area (Å²) in [6, 6.07) is 8.06. The van der Waals surface area contributed by atoms with Crippen LogP contribution in [0.1, 0.15) is 17.4 Å². The highest BCUT2D eigenvalue weighted by Gasteiger charge is 2.21. The minimum Gasteiger partial charge on any atom is -0.448 e. The molecule has 0 saturated heterocycles. The van der Waals surface area contributed by atoms with Crippen LogP contribution in [0.25, 0.3) is 0 Å². The molecule has 2 aromatic rings. The number of rotatable bonds is 4. The second kappa shape index (κ2) is 6.65. The van der Waals surface area contributed by atoms with Gasteiger partial charge in [0, 0.05) is 6.20 Å². The Morgan fingerprint density at radius 1 is 1.19 bits per heavy atom. The molecule has 0 fully saturated rings. The lowest BCUT2D eigenvalue weighted by atomic mass is 10.3. The summed E-state index contributed by atoms with van der Waals surface area (Å²) >= 11 is 11.9. The summed E-state index contributed by atoms with van der Waals surface area (Å²) < 4.78 is 5.04. The van der Waals surface area contributed by atoms with Crippen molar-refractivity contribution in [1.82, 2.24) is 4.98 Å². The topological polar surface area (TPSA) is 71.2 Å². The average Bonchev–Trinajstić information content (AvgIpc) is 2.97. The number of nitrogens with one attached hydrogen (secondary N) is 2. The summed E-state index contributed by atoms with van der Waals surface area (Å²) in [5, 5.41) is 3.15. The van der Waals surface area contributed by atoms with Crippen molar-refractivity contribution < 1.29 is 14.3 Å². The quantitative estimate of drug-likeness (QED) is 0.844. The first-order valence-corrected chi connectivity index (χ1v) is 6.84. The lowest BCUT2D eigenvalue weighted by Crippen LogP contribution is -2.30. The fourth-order valence-corrected chi connectivity index (χ4v) is 2.07. The summed E-state index contributed by atoms with van der Waals surface area (Å²) in [6.45, 7) is 1.46. The van der Waals surface area contributed by atoms with Gasteiger partial charge in [-0.1, -0.05) is 29.3 Å². The smallest absolute Gasteiger partial charge is 0.355 e. The molecule has 0 bridgehead atoms. The van der Waals surface area contributed by atoms with E-state index >= 15 is 0 Å². The maximum Gasteiger partial charge on any atom is 0.355 e. The number of hydrogen-bond acceptors (Lipinski definition) is 3. The second-order valence-corrected chi connectivity index (χ2v) is 5.03. The molecule has 1 heterocycles. The van der Waals surface area contributed by atoms with Crippen LogP contribution in [-0.2, 0) is 9.53 Å². The van der Waals surface area contributed by atoms with Crippen LogP contribution in [0.4, 0.5) is 5.69 Å². The van der Waals surface area contributed by atoms with Gasteiger partial charge >= 0.3 is 5.97 Å². The number of esters is 1. The molecule has 2 rings (SSSR count). The number of aromatic amines is 1. The number of carbonyl (C=O) groups excluding carboxylic acids is 2. The molecular weight excluding hydrogens is 315 g/mol. The predicted octanol–water partition coefficient (Wildman–Crippen LogP) is 3.51. The lowest BCUT2D eigenvalue weighted by Gasteiger charge is -2.14. The zero-order valence-corrected chi connectivity index (χ0v) is 12.5. The SMILES string of the molecule is C[C@@H](OC(=O)c1ccc[nH]1)C(=O)Nc1c(Cl)cccc1Cl. The van der Waals surface area contributed by atoms with Crippen LogP contribution in [0, 0.1) is 0 Å². The molecule has 0 aliphatic rings. The number of amides is 1. The van der Waals surface area contributed by atoms with E-state index in [-0.39, 0.29) is 11.4 Å². The van der Waals surface area contributed by atoms with Crippen molar-refractivity contribution >= 4 is 40.8 Å². The zero-order chi connectivity index (χ0) is 15.4. The van der Waals surface area contributed by atoms with Crippen molar-refractivity contribution in [2.75, 3.05) is 5.32 Å². The standard InChI is InChI=1S/C14H12Cl2N2O3/c1-8(21-14(20)11-6-3-7-17-11)13(19)18-12-9(15)4-2-5-10(12)16/h2-8,17H,1H3,(H,18,19)/t8-/m1/s1. The van der Waals surface area contributed by atoms with Gasteiger partial charge in [0.1, 0.15) is 5.69 Å². The molecule has 0 saturated carbocycles. The number of H-pyrrole nitrogens is 1. The van der Waals surface area contributed by atoms with E-state index in [1.807, 2.05) is 0 Å². The Morgan fingerprint density at radius 2 is 1.86 bits per heavy atom. The van der Waals surface area contributed by atoms with Gasteiger partial charge in [0.25, 0.3) is 5.91 Å². The molecule has 21 heavy (non-hydrogen) atoms. The molecule has 7 heteroatoms. The van der Waals surface area contributed by atoms with Crippen molar-refractivity contribution in [2.45, 2.75) is 13.0 Å². The molecule has 0 aliphatic carbocycles. The molecule has 0 spiro atoms. The van der Waals surface area contributed by atoms with Gasteiger partial charge in [0.2, 0.25) is 0 Å². The number of halogens is 2. The largest absolute Gasteiger partial charge is 0.448 e. The monoisotopic (exact) mass is 326 g/mol. The minimum absolute atomic E-state index is 0.269. The van der Waals surface area contributed by atoms with Crippen molar-refractivity contribution in [3.63, 3.8) is 0 Å². The Hall–Kier alpha value is -1.98. The van der Waals surface area contributed by atoms with Crippen molar-refractivity contribution in [3.05, 3.63) is 52.3 Å². The first kappa shape index (κ1) is 15.4. The van der Waals surface area contributed by atoms with Crippen LogP contribution < -0.4 is 5.32 Å². The van der Waals surface area contributed by atoms with E-state index in [1.54, 1.807) is 36.5 Å². The molecule has 1 aromatic heterocycles. The maximum atomic E-state index is 12.0. The van der Waals surface area contributed by atoms with E-state index in [9.17, 15) is 9.59 Å². The van der Waals surface area contributed by atoms with Gasteiger partial charge in [-0.25, -0.2) is 4.79 Å². The Kier molecular flexibility index (Phi) is 4.88. The predicted molar refractivity (Wildman–Crippen MR) is 80.8 cm³/mol. The zero-order valence-electron chi connectivity index (χ0n) is 11.0. The third-order valence-electron chi connectivity index (χ3n) is 2.68. The number of aromatic nitrogens is 1. The number of hydrogen-bond donors (Lipinski definition) is 2. The van der Waals surface area contributed by atoms with Gasteiger partial charge < -0.3 is 15.0 Å². The molecule has 5 nitrogen and oxygen atoms in total. The molecule has 110 valence electrons. The first-order chi connectivity index (χ1) is 9.99. The molecule has 1 atom stereocenters. The number of ether oxygens (including phenoxy) is 1. The highest BCUT2D eigenvalue weighted by molar-refractivity contribution is 6.39. The van der Waals surface area contributed by atoms with Crippen LogP contribution >= 0.6 is 23.2 Å². The van der Waals surface area contributed by atoms with E-state index in [4.69, 9.17) is 27.9 Å². The van der Waals surface area contributed by atoms with Gasteiger partial charge in [0.15, 0.2) is 6.10 Å². The van der Waals surface area contributed by atoms with Crippen LogP contribution in [0.3, 0.4) is 0 Å². The van der Waals surface area contributed by atoms with Crippen LogP contribution in [0.2, 0.25) is 10.0 Å². The third-order valence-corrected chi connectivity index (χ3v) is 3.31. The van der Waals surface area contributed by atoms with E-state index in [0.717, 1.165) is 0 Å². The fourth-order valence-electron chi connectivity index (χ4n) is 1.58. The van der Waals surface area contributed by atoms with Crippen molar-refractivity contribution in [1.29, 1.82) is 0 Å². The molecular formula is C14H12Cl2N2O3. The van der Waals surface area contributed by atoms with E-state index in [0.29, 0.717) is 10.0 Å². The molecule has 0 radical (unpaired) electrons. The summed E-state index contributed by atoms with van der Waals surface area (Å²) in [6.07, 6.45) is 0.596. The Balaban J connectivity index is 2.01. The van der Waals surface area contributed by atoms with Crippen molar-refractivity contribution in [2.24, 2.45) is 0 Å². The highest BCUT2D eigenvalue weighted by Crippen LogP contribution is 2.29. The maximum absolute atomic E-state index is 12.0. The summed E-state index contributed by atoms with van der Waals surface area (Å²) in [4.78, 5) is 26.4. The van der Waals surface area contributed by atoms with Crippen LogP contribution in [-0.4, -0.2) is 23.0 Å². The van der Waals surface area contributed by atoms with Gasteiger partial charge in [-0.2, -0.15) is 0 Å². The Bertz CT molecular complexity index is 636. The second-order valence-electron chi connectivity index (χ2n) is 4.22. The fraction of sp³-hybridized carbons (Fsp3) is 0.143. The summed E-state index contributed by atoms with van der Waals surface area (Å²) in [7, 11) is 0. The summed E-state index contributed by atoms with van der Waals surface area (Å²) in [5.74, 6) is -1.14. The number of carbonyl (C=O) groups is 2. The summed E-state index contributed by atoms with van der Waals surface area (Å²) in [5.41, 5.74) is 0.555.